The number of nitrogens with zero attached hydrogens (tertiary/aromatic N) is 1. The second-order valence-corrected chi connectivity index (χ2v) is 5.88. The third kappa shape index (κ3) is 3.01. The van der Waals surface area contributed by atoms with Crippen LogP contribution in [0.3, 0.4) is 0 Å². The summed E-state index contributed by atoms with van der Waals surface area (Å²) in [5, 5.41) is 0. The molecule has 3 rings (SSSR count). The van der Waals surface area contributed by atoms with Gasteiger partial charge < -0.3 is 10.6 Å². The van der Waals surface area contributed by atoms with Gasteiger partial charge in [-0.25, -0.2) is 0 Å². The van der Waals surface area contributed by atoms with E-state index in [4.69, 9.17) is 5.73 Å². The van der Waals surface area contributed by atoms with Crippen LogP contribution in [0.1, 0.15) is 38.5 Å². The van der Waals surface area contributed by atoms with Gasteiger partial charge in [0.15, 0.2) is 0 Å². The molecule has 0 amide bonds. The normalized spacial score (nSPS) is 31.1. The second kappa shape index (κ2) is 5.79. The minimum Gasteiger partial charge on any atom is -0.371 e. The van der Waals surface area contributed by atoms with E-state index in [0.717, 1.165) is 19.4 Å². The molecule has 19 heavy (non-hydrogen) atoms. The largest absolute Gasteiger partial charge is 0.371 e. The van der Waals surface area contributed by atoms with Crippen LogP contribution in [-0.2, 0) is 0 Å². The maximum atomic E-state index is 5.98. The van der Waals surface area contributed by atoms with Crippen molar-refractivity contribution < 1.29 is 0 Å². The van der Waals surface area contributed by atoms with Gasteiger partial charge in [0.2, 0.25) is 0 Å². The van der Waals surface area contributed by atoms with Gasteiger partial charge in [-0.2, -0.15) is 0 Å². The zero-order chi connectivity index (χ0) is 13.1. The molecule has 0 bridgehead atoms. The average molecular weight is 256 g/mol. The summed E-state index contributed by atoms with van der Waals surface area (Å²) in [6, 6.07) is 1.14. The van der Waals surface area contributed by atoms with Gasteiger partial charge in [0.25, 0.3) is 0 Å². The number of nitrogens with two attached hydrogens (primary N) is 1. The molecule has 0 radical (unpaired) electrons. The molecule has 2 heteroatoms. The Morgan fingerprint density at radius 2 is 1.89 bits per heavy atom. The molecular weight excluding hydrogens is 232 g/mol. The lowest BCUT2D eigenvalue weighted by Gasteiger charge is -2.36. The zero-order valence-corrected chi connectivity index (χ0v) is 11.6. The fraction of sp³-hybridized carbons (Fsp3) is 0.529. The molecule has 0 aromatic heterocycles. The summed E-state index contributed by atoms with van der Waals surface area (Å²) >= 11 is 0. The van der Waals surface area contributed by atoms with Gasteiger partial charge >= 0.3 is 0 Å². The molecule has 0 aromatic carbocycles. The predicted octanol–water partition coefficient (Wildman–Crippen LogP) is 3.29. The molecule has 1 saturated carbocycles. The highest BCUT2D eigenvalue weighted by atomic mass is 15.1. The lowest BCUT2D eigenvalue weighted by Crippen LogP contribution is -2.38. The molecule has 0 atom stereocenters. The number of rotatable bonds is 2. The van der Waals surface area contributed by atoms with Crippen molar-refractivity contribution >= 4 is 0 Å². The molecule has 0 aromatic rings. The van der Waals surface area contributed by atoms with Crippen molar-refractivity contribution in [3.63, 3.8) is 0 Å². The fourth-order valence-electron chi connectivity index (χ4n) is 3.29. The van der Waals surface area contributed by atoms with Gasteiger partial charge in [0.1, 0.15) is 0 Å². The van der Waals surface area contributed by atoms with Crippen molar-refractivity contribution in [1.82, 2.24) is 4.90 Å². The number of hydrogen-bond donors (Lipinski definition) is 1. The Kier molecular flexibility index (Phi) is 3.88. The van der Waals surface area contributed by atoms with Crippen molar-refractivity contribution in [3.05, 3.63) is 47.7 Å². The summed E-state index contributed by atoms with van der Waals surface area (Å²) in [6.45, 7) is 1.06. The molecule has 1 heterocycles. The highest BCUT2D eigenvalue weighted by molar-refractivity contribution is 5.44. The van der Waals surface area contributed by atoms with Crippen LogP contribution < -0.4 is 5.73 Å². The van der Waals surface area contributed by atoms with Gasteiger partial charge in [-0.3, -0.25) is 0 Å². The highest BCUT2D eigenvalue weighted by Gasteiger charge is 2.23. The van der Waals surface area contributed by atoms with E-state index in [2.05, 4.69) is 41.5 Å². The van der Waals surface area contributed by atoms with Gasteiger partial charge in [-0.15, -0.1) is 0 Å². The van der Waals surface area contributed by atoms with Crippen LogP contribution in [0.25, 0.3) is 0 Å². The third-order valence-corrected chi connectivity index (χ3v) is 4.55. The molecule has 1 aliphatic heterocycles. The maximum absolute atomic E-state index is 5.98. The van der Waals surface area contributed by atoms with E-state index in [-0.39, 0.29) is 0 Å². The Bertz CT molecular complexity index is 434. The van der Waals surface area contributed by atoms with Gasteiger partial charge in [-0.05, 0) is 55.7 Å². The Labute approximate surface area is 116 Å². The molecular formula is C17H24N2. The minimum atomic E-state index is 0.440. The molecule has 2 N–H and O–H groups in total. The molecule has 0 saturated heterocycles. The number of hydrogen-bond acceptors (Lipinski definition) is 2. The molecule has 2 nitrogen and oxygen atoms in total. The summed E-state index contributed by atoms with van der Waals surface area (Å²) in [7, 11) is 0. The van der Waals surface area contributed by atoms with E-state index in [1.165, 1.54) is 36.8 Å². The van der Waals surface area contributed by atoms with Crippen LogP contribution in [0.5, 0.6) is 0 Å². The third-order valence-electron chi connectivity index (χ3n) is 4.55. The van der Waals surface area contributed by atoms with E-state index in [9.17, 15) is 0 Å². The van der Waals surface area contributed by atoms with Crippen LogP contribution in [0.4, 0.5) is 0 Å². The molecule has 3 aliphatic rings. The predicted molar refractivity (Wildman–Crippen MR) is 80.6 cm³/mol. The van der Waals surface area contributed by atoms with Crippen molar-refractivity contribution in [2.45, 2.75) is 50.6 Å². The van der Waals surface area contributed by atoms with Crippen molar-refractivity contribution in [3.8, 4) is 0 Å². The smallest absolute Gasteiger partial charge is 0.0366 e. The summed E-state index contributed by atoms with van der Waals surface area (Å²) in [4.78, 5) is 2.49. The van der Waals surface area contributed by atoms with Gasteiger partial charge in [-0.1, -0.05) is 24.3 Å². The van der Waals surface area contributed by atoms with Crippen molar-refractivity contribution in [1.29, 1.82) is 0 Å². The molecule has 0 unspecified atom stereocenters. The quantitative estimate of drug-likeness (QED) is 0.768. The summed E-state index contributed by atoms with van der Waals surface area (Å²) in [5.41, 5.74) is 8.90. The van der Waals surface area contributed by atoms with Crippen LogP contribution in [0.2, 0.25) is 0 Å². The first-order valence-corrected chi connectivity index (χ1v) is 7.57. The lowest BCUT2D eigenvalue weighted by atomic mass is 9.90. The van der Waals surface area contributed by atoms with E-state index in [1.54, 1.807) is 0 Å². The summed E-state index contributed by atoms with van der Waals surface area (Å²) in [6.07, 6.45) is 20.9. The summed E-state index contributed by atoms with van der Waals surface area (Å²) in [5.74, 6) is 0. The van der Waals surface area contributed by atoms with Crippen molar-refractivity contribution in [2.75, 3.05) is 6.54 Å². The van der Waals surface area contributed by atoms with E-state index >= 15 is 0 Å². The van der Waals surface area contributed by atoms with E-state index in [1.807, 2.05) is 0 Å². The first-order chi connectivity index (χ1) is 9.33. The van der Waals surface area contributed by atoms with Crippen LogP contribution >= 0.6 is 0 Å². The molecule has 0 spiro atoms. The first-order valence-electron chi connectivity index (χ1n) is 7.57. The number of allylic oxidation sites excluding steroid dienone is 6. The molecule has 1 fully saturated rings. The lowest BCUT2D eigenvalue weighted by molar-refractivity contribution is 0.221. The Balaban J connectivity index is 1.58. The molecule has 102 valence electrons. The standard InChI is InChI=1S/C17H24N2/c18-16-6-8-17(9-7-16)19-12-10-15(11-13-19)14-4-2-1-3-5-14/h1-2,5,10-12,16-17H,3-4,6-9,13,18H2. The fourth-order valence-corrected chi connectivity index (χ4v) is 3.29. The topological polar surface area (TPSA) is 29.3 Å². The van der Waals surface area contributed by atoms with Gasteiger partial charge in [0.05, 0.1) is 0 Å². The minimum absolute atomic E-state index is 0.440. The Morgan fingerprint density at radius 1 is 1.05 bits per heavy atom. The monoisotopic (exact) mass is 256 g/mol. The Hall–Kier alpha value is -1.28. The second-order valence-electron chi connectivity index (χ2n) is 5.88. The van der Waals surface area contributed by atoms with Crippen LogP contribution in [0.15, 0.2) is 47.7 Å². The van der Waals surface area contributed by atoms with Gasteiger partial charge in [0, 0.05) is 24.8 Å². The maximum Gasteiger partial charge on any atom is 0.0366 e. The van der Waals surface area contributed by atoms with Crippen molar-refractivity contribution in [2.24, 2.45) is 5.73 Å². The first kappa shape index (κ1) is 12.7. The summed E-state index contributed by atoms with van der Waals surface area (Å²) < 4.78 is 0. The Morgan fingerprint density at radius 3 is 2.53 bits per heavy atom. The SMILES string of the molecule is NC1CCC(N2C=CC(C3=CCC=CC3)=CC2)CC1. The zero-order valence-electron chi connectivity index (χ0n) is 11.6. The van der Waals surface area contributed by atoms with E-state index < -0.39 is 0 Å². The average Bonchev–Trinajstić information content (AvgIpc) is 2.49. The van der Waals surface area contributed by atoms with Crippen LogP contribution in [0, 0.1) is 0 Å². The highest BCUT2D eigenvalue weighted by Crippen LogP contribution is 2.27. The van der Waals surface area contributed by atoms with Crippen LogP contribution in [-0.4, -0.2) is 23.5 Å². The van der Waals surface area contributed by atoms with E-state index in [0.29, 0.717) is 12.1 Å². The molecule has 2 aliphatic carbocycles.